The zero-order valence-electron chi connectivity index (χ0n) is 25.6. The molecule has 5 rings (SSSR count). The Bertz CT molecular complexity index is 1660. The number of phenolic OH excluding ortho intramolecular Hbond substituents is 3. The molecule has 47 heavy (non-hydrogen) atoms. The first-order valence-corrected chi connectivity index (χ1v) is 14.8. The molecule has 2 aromatic carbocycles. The number of fused-ring (bicyclic) bond motifs is 1. The van der Waals surface area contributed by atoms with Gasteiger partial charge in [0.1, 0.15) is 64.8 Å². The van der Waals surface area contributed by atoms with Gasteiger partial charge >= 0.3 is 0 Å². The second kappa shape index (κ2) is 13.8. The van der Waals surface area contributed by atoms with Crippen LogP contribution in [0.4, 0.5) is 0 Å². The van der Waals surface area contributed by atoms with Gasteiger partial charge in [0, 0.05) is 17.2 Å². The third-order valence-electron chi connectivity index (χ3n) is 8.19. The SMILES string of the molecule is CC(C)=CCc1c(O)cc(O)c2c(=O)c(OC3O[C@@H](C)[C@H](O)[C@@H](O)[C@H]3O[C@@H]3O[C@H](CO)[C@@H](O)[C@H](O)[C@H]3O)c(-c3ccc(O)cc3)oc12. The van der Waals surface area contributed by atoms with Gasteiger partial charge in [-0.3, -0.25) is 4.79 Å². The molecular formula is C32H38O15. The number of benzene rings is 2. The van der Waals surface area contributed by atoms with Gasteiger partial charge in [0.25, 0.3) is 0 Å². The van der Waals surface area contributed by atoms with Gasteiger partial charge in [-0.25, -0.2) is 0 Å². The highest BCUT2D eigenvalue weighted by molar-refractivity contribution is 5.91. The zero-order valence-corrected chi connectivity index (χ0v) is 25.6. The van der Waals surface area contributed by atoms with Crippen LogP contribution in [0.3, 0.4) is 0 Å². The third-order valence-corrected chi connectivity index (χ3v) is 8.19. The molecule has 1 aromatic heterocycles. The van der Waals surface area contributed by atoms with Gasteiger partial charge in [-0.15, -0.1) is 0 Å². The molecule has 1 unspecified atom stereocenters. The van der Waals surface area contributed by atoms with E-state index < -0.39 is 84.9 Å². The largest absolute Gasteiger partial charge is 0.508 e. The number of aromatic hydroxyl groups is 3. The van der Waals surface area contributed by atoms with E-state index >= 15 is 0 Å². The molecule has 2 aliphatic rings. The zero-order chi connectivity index (χ0) is 34.3. The average molecular weight is 663 g/mol. The van der Waals surface area contributed by atoms with Crippen LogP contribution in [0.2, 0.25) is 0 Å². The van der Waals surface area contributed by atoms with Gasteiger partial charge in [0.15, 0.2) is 18.2 Å². The summed E-state index contributed by atoms with van der Waals surface area (Å²) in [6, 6.07) is 6.45. The fourth-order valence-electron chi connectivity index (χ4n) is 5.48. The van der Waals surface area contributed by atoms with E-state index in [1.807, 2.05) is 13.8 Å². The van der Waals surface area contributed by atoms with E-state index in [4.69, 9.17) is 23.4 Å². The first-order valence-electron chi connectivity index (χ1n) is 14.8. The molecule has 2 aliphatic heterocycles. The number of rotatable bonds is 8. The van der Waals surface area contributed by atoms with Crippen molar-refractivity contribution >= 4 is 11.0 Å². The van der Waals surface area contributed by atoms with Crippen LogP contribution in [0.5, 0.6) is 23.0 Å². The van der Waals surface area contributed by atoms with Crippen molar-refractivity contribution < 1.29 is 69.3 Å². The van der Waals surface area contributed by atoms with Crippen molar-refractivity contribution in [1.82, 2.24) is 0 Å². The van der Waals surface area contributed by atoms with Crippen LogP contribution in [-0.2, 0) is 20.6 Å². The summed E-state index contributed by atoms with van der Waals surface area (Å²) in [6.07, 6.45) is -14.6. The monoisotopic (exact) mass is 662 g/mol. The van der Waals surface area contributed by atoms with Crippen LogP contribution in [0.15, 0.2) is 51.2 Å². The summed E-state index contributed by atoms with van der Waals surface area (Å²) in [4.78, 5) is 14.2. The lowest BCUT2D eigenvalue weighted by Crippen LogP contribution is -2.64. The molecule has 10 atom stereocenters. The Morgan fingerprint density at radius 2 is 1.55 bits per heavy atom. The van der Waals surface area contributed by atoms with Crippen molar-refractivity contribution in [1.29, 1.82) is 0 Å². The smallest absolute Gasteiger partial charge is 0.239 e. The lowest BCUT2D eigenvalue weighted by Gasteiger charge is -2.45. The fourth-order valence-corrected chi connectivity index (χ4v) is 5.48. The highest BCUT2D eigenvalue weighted by Crippen LogP contribution is 2.40. The molecular weight excluding hydrogens is 624 g/mol. The molecule has 0 bridgehead atoms. The number of allylic oxidation sites excluding steroid dienone is 2. The second-order valence-electron chi connectivity index (χ2n) is 11.8. The molecule has 2 saturated heterocycles. The van der Waals surface area contributed by atoms with Crippen LogP contribution in [0.25, 0.3) is 22.3 Å². The molecule has 256 valence electrons. The van der Waals surface area contributed by atoms with Gasteiger partial charge in [-0.1, -0.05) is 11.6 Å². The summed E-state index contributed by atoms with van der Waals surface area (Å²) in [5.41, 5.74) is 0.231. The maximum atomic E-state index is 14.2. The minimum absolute atomic E-state index is 0.103. The predicted molar refractivity (Wildman–Crippen MR) is 162 cm³/mol. The summed E-state index contributed by atoms with van der Waals surface area (Å²) in [5, 5.41) is 93.3. The molecule has 3 heterocycles. The van der Waals surface area contributed by atoms with E-state index in [1.54, 1.807) is 6.08 Å². The van der Waals surface area contributed by atoms with Crippen molar-refractivity contribution in [2.75, 3.05) is 6.61 Å². The summed E-state index contributed by atoms with van der Waals surface area (Å²) in [6.45, 7) is 4.31. The van der Waals surface area contributed by atoms with Crippen molar-refractivity contribution in [3.63, 3.8) is 0 Å². The van der Waals surface area contributed by atoms with Crippen LogP contribution >= 0.6 is 0 Å². The lowest BCUT2D eigenvalue weighted by molar-refractivity contribution is -0.355. The van der Waals surface area contributed by atoms with E-state index in [0.29, 0.717) is 0 Å². The highest BCUT2D eigenvalue weighted by Gasteiger charge is 2.51. The lowest BCUT2D eigenvalue weighted by atomic mass is 9.97. The Balaban J connectivity index is 1.64. The normalized spacial score (nSPS) is 31.1. The maximum Gasteiger partial charge on any atom is 0.239 e. The van der Waals surface area contributed by atoms with Crippen LogP contribution < -0.4 is 10.2 Å². The molecule has 0 saturated carbocycles. The van der Waals surface area contributed by atoms with E-state index in [-0.39, 0.29) is 45.8 Å². The second-order valence-corrected chi connectivity index (χ2v) is 11.8. The van der Waals surface area contributed by atoms with Gasteiger partial charge < -0.3 is 69.3 Å². The van der Waals surface area contributed by atoms with Crippen molar-refractivity contribution in [2.24, 2.45) is 0 Å². The van der Waals surface area contributed by atoms with E-state index in [1.165, 1.54) is 31.2 Å². The van der Waals surface area contributed by atoms with Crippen LogP contribution in [0.1, 0.15) is 26.3 Å². The number of aliphatic hydroxyl groups excluding tert-OH is 6. The first-order chi connectivity index (χ1) is 22.2. The Morgan fingerprint density at radius 1 is 0.872 bits per heavy atom. The van der Waals surface area contributed by atoms with Crippen LogP contribution in [-0.4, -0.2) is 114 Å². The Kier molecular flexibility index (Phi) is 10.1. The standard InChI is InChI=1S/C32H38O15/c1-12(2)4-9-16-17(35)10-18(36)20-23(39)29(27(45-28(16)20)14-5-7-15(34)8-6-14)46-32-30(25(41)21(37)13(3)43-32)47-31-26(42)24(40)22(38)19(11-33)44-31/h4-8,10,13,19,21-22,24-26,30-38,40-42H,9,11H2,1-3H3/t13-,19+,21-,22+,24-,25+,26+,30+,31-,32?/m0/s1. The molecule has 2 fully saturated rings. The number of phenols is 3. The minimum atomic E-state index is -1.89. The molecule has 15 heteroatoms. The number of ether oxygens (including phenoxy) is 4. The third kappa shape index (κ3) is 6.67. The van der Waals surface area contributed by atoms with Gasteiger partial charge in [-0.05, 0) is 51.5 Å². The van der Waals surface area contributed by atoms with Gasteiger partial charge in [0.05, 0.1) is 12.7 Å². The molecule has 9 N–H and O–H groups in total. The molecule has 0 spiro atoms. The van der Waals surface area contributed by atoms with Crippen LogP contribution in [0, 0.1) is 0 Å². The van der Waals surface area contributed by atoms with Crippen molar-refractivity contribution in [2.45, 2.75) is 88.6 Å². The quantitative estimate of drug-likeness (QED) is 0.145. The number of hydrogen-bond acceptors (Lipinski definition) is 15. The predicted octanol–water partition coefficient (Wildman–Crippen LogP) is 0.116. The van der Waals surface area contributed by atoms with Crippen molar-refractivity contribution in [3.05, 3.63) is 57.8 Å². The summed E-state index contributed by atoms with van der Waals surface area (Å²) in [7, 11) is 0. The Hall–Kier alpha value is -3.77. The van der Waals surface area contributed by atoms with E-state index in [0.717, 1.165) is 11.6 Å². The summed E-state index contributed by atoms with van der Waals surface area (Å²) in [5.74, 6) is -1.85. The Morgan fingerprint density at radius 3 is 2.19 bits per heavy atom. The minimum Gasteiger partial charge on any atom is -0.508 e. The maximum absolute atomic E-state index is 14.2. The number of aliphatic hydroxyl groups is 6. The van der Waals surface area contributed by atoms with E-state index in [2.05, 4.69) is 0 Å². The first kappa shape index (κ1) is 34.6. The van der Waals surface area contributed by atoms with Crippen molar-refractivity contribution in [3.8, 4) is 34.3 Å². The summed E-state index contributed by atoms with van der Waals surface area (Å²) < 4.78 is 29.2. The van der Waals surface area contributed by atoms with Gasteiger partial charge in [0.2, 0.25) is 17.5 Å². The topological polar surface area (TPSA) is 249 Å². The summed E-state index contributed by atoms with van der Waals surface area (Å²) >= 11 is 0. The molecule has 0 amide bonds. The molecule has 0 aliphatic carbocycles. The molecule has 0 radical (unpaired) electrons. The molecule has 3 aromatic rings. The highest BCUT2D eigenvalue weighted by atomic mass is 16.8. The van der Waals surface area contributed by atoms with E-state index in [9.17, 15) is 50.8 Å². The number of hydrogen-bond donors (Lipinski definition) is 9. The average Bonchev–Trinajstić information content (AvgIpc) is 3.02. The molecule has 15 nitrogen and oxygen atoms in total. The van der Waals surface area contributed by atoms with Gasteiger partial charge in [-0.2, -0.15) is 0 Å². The fraction of sp³-hybridized carbons (Fsp3) is 0.469. The Labute approximate surface area is 267 Å².